The van der Waals surface area contributed by atoms with E-state index in [-0.39, 0.29) is 0 Å². The molecule has 3 aromatic heterocycles. The van der Waals surface area contributed by atoms with Gasteiger partial charge in [-0.05, 0) is 59.7 Å². The molecule has 0 aliphatic rings. The minimum Gasteiger partial charge on any atom is -0.457 e. The summed E-state index contributed by atoms with van der Waals surface area (Å²) in [5, 5.41) is 8.61. The van der Waals surface area contributed by atoms with E-state index in [9.17, 15) is 0 Å². The zero-order chi connectivity index (χ0) is 18.8. The molecular formula is C23H16N4O. The minimum absolute atomic E-state index is 0.788. The first-order chi connectivity index (χ1) is 13.9. The van der Waals surface area contributed by atoms with Crippen LogP contribution in [-0.4, -0.2) is 19.6 Å². The number of rotatable bonds is 4. The van der Waals surface area contributed by atoms with E-state index in [1.165, 1.54) is 0 Å². The second kappa shape index (κ2) is 6.96. The molecule has 0 spiro atoms. The van der Waals surface area contributed by atoms with Crippen LogP contribution < -0.4 is 4.74 Å². The molecule has 0 atom stereocenters. The average molecular weight is 364 g/mol. The van der Waals surface area contributed by atoms with Crippen LogP contribution in [0.5, 0.6) is 11.5 Å². The van der Waals surface area contributed by atoms with Crippen LogP contribution in [0.4, 0.5) is 0 Å². The maximum absolute atomic E-state index is 5.97. The van der Waals surface area contributed by atoms with Gasteiger partial charge in [-0.2, -0.15) is 0 Å². The predicted octanol–water partition coefficient (Wildman–Crippen LogP) is 5.25. The molecule has 0 radical (unpaired) electrons. The van der Waals surface area contributed by atoms with Gasteiger partial charge in [0.05, 0.1) is 0 Å². The van der Waals surface area contributed by atoms with Crippen LogP contribution in [-0.2, 0) is 0 Å². The van der Waals surface area contributed by atoms with Crippen molar-refractivity contribution in [2.24, 2.45) is 0 Å². The molecule has 3 heterocycles. The predicted molar refractivity (Wildman–Crippen MR) is 108 cm³/mol. The van der Waals surface area contributed by atoms with Gasteiger partial charge in [-0.15, -0.1) is 10.2 Å². The lowest BCUT2D eigenvalue weighted by Crippen LogP contribution is -1.91. The molecule has 0 saturated heterocycles. The van der Waals surface area contributed by atoms with E-state index in [1.54, 1.807) is 12.4 Å². The molecule has 0 aliphatic heterocycles. The Morgan fingerprint density at radius 3 is 2.32 bits per heavy atom. The largest absolute Gasteiger partial charge is 0.457 e. The van der Waals surface area contributed by atoms with E-state index in [0.717, 1.165) is 39.7 Å². The highest BCUT2D eigenvalue weighted by molar-refractivity contribution is 5.68. The first-order valence-corrected chi connectivity index (χ1v) is 8.95. The number of hydrogen-bond acceptors (Lipinski definition) is 4. The number of fused-ring (bicyclic) bond motifs is 1. The quantitative estimate of drug-likeness (QED) is 0.437. The lowest BCUT2D eigenvalue weighted by atomic mass is 10.1. The van der Waals surface area contributed by atoms with E-state index < -0.39 is 0 Å². The van der Waals surface area contributed by atoms with Crippen molar-refractivity contribution < 1.29 is 4.74 Å². The smallest absolute Gasteiger partial charge is 0.168 e. The van der Waals surface area contributed by atoms with Crippen molar-refractivity contribution in [2.75, 3.05) is 0 Å². The Bertz CT molecular complexity index is 1230. The number of benzene rings is 2. The van der Waals surface area contributed by atoms with Crippen LogP contribution in [0.15, 0.2) is 97.5 Å². The standard InChI is InChI=1S/C23H16N4O/c1-2-6-20(7-3-1)28-21-8-4-5-18(15-21)19-9-10-22-25-26-23(27(22)16-19)17-11-13-24-14-12-17/h1-16H. The van der Waals surface area contributed by atoms with Gasteiger partial charge in [0.2, 0.25) is 0 Å². The molecule has 5 aromatic rings. The van der Waals surface area contributed by atoms with E-state index >= 15 is 0 Å². The van der Waals surface area contributed by atoms with Gasteiger partial charge in [0.15, 0.2) is 11.5 Å². The summed E-state index contributed by atoms with van der Waals surface area (Å²) < 4.78 is 7.96. The van der Waals surface area contributed by atoms with Gasteiger partial charge >= 0.3 is 0 Å². The van der Waals surface area contributed by atoms with Crippen molar-refractivity contribution in [1.29, 1.82) is 0 Å². The van der Waals surface area contributed by atoms with Gasteiger partial charge < -0.3 is 4.74 Å². The summed E-state index contributed by atoms with van der Waals surface area (Å²) in [6.45, 7) is 0. The Hall–Kier alpha value is -3.99. The highest BCUT2D eigenvalue weighted by Gasteiger charge is 2.09. The lowest BCUT2D eigenvalue weighted by Gasteiger charge is -2.09. The third-order valence-corrected chi connectivity index (χ3v) is 4.49. The van der Waals surface area contributed by atoms with Crippen LogP contribution >= 0.6 is 0 Å². The Morgan fingerprint density at radius 2 is 1.46 bits per heavy atom. The Labute approximate surface area is 161 Å². The third kappa shape index (κ3) is 3.10. The zero-order valence-corrected chi connectivity index (χ0v) is 14.9. The number of aromatic nitrogens is 4. The molecule has 28 heavy (non-hydrogen) atoms. The number of hydrogen-bond donors (Lipinski definition) is 0. The average Bonchev–Trinajstić information content (AvgIpc) is 3.19. The molecule has 5 rings (SSSR count). The first kappa shape index (κ1) is 16.2. The molecule has 134 valence electrons. The maximum atomic E-state index is 5.97. The molecule has 0 bridgehead atoms. The summed E-state index contributed by atoms with van der Waals surface area (Å²) >= 11 is 0. The first-order valence-electron chi connectivity index (χ1n) is 8.95. The van der Waals surface area contributed by atoms with Gasteiger partial charge in [0.1, 0.15) is 11.5 Å². The molecule has 0 fully saturated rings. The van der Waals surface area contributed by atoms with Crippen molar-refractivity contribution >= 4 is 5.65 Å². The van der Waals surface area contributed by atoms with Crippen molar-refractivity contribution in [3.8, 4) is 34.0 Å². The minimum atomic E-state index is 0.788. The summed E-state index contributed by atoms with van der Waals surface area (Å²) in [5.74, 6) is 2.40. The van der Waals surface area contributed by atoms with Gasteiger partial charge in [0.25, 0.3) is 0 Å². The van der Waals surface area contributed by atoms with E-state index in [4.69, 9.17) is 4.74 Å². The molecule has 0 aliphatic carbocycles. The number of para-hydroxylation sites is 1. The summed E-state index contributed by atoms with van der Waals surface area (Å²) in [5.41, 5.74) is 3.89. The van der Waals surface area contributed by atoms with E-state index in [1.807, 2.05) is 83.4 Å². The fraction of sp³-hybridized carbons (Fsp3) is 0. The summed E-state index contributed by atoms with van der Waals surface area (Å²) in [7, 11) is 0. The number of ether oxygens (including phenoxy) is 1. The summed E-state index contributed by atoms with van der Waals surface area (Å²) in [6, 6.07) is 25.7. The van der Waals surface area contributed by atoms with Gasteiger partial charge in [-0.25, -0.2) is 0 Å². The SMILES string of the molecule is c1ccc(Oc2cccc(-c3ccc4nnc(-c5ccncc5)n4c3)c2)cc1. The van der Waals surface area contributed by atoms with E-state index in [2.05, 4.69) is 21.2 Å². The number of nitrogens with zero attached hydrogens (tertiary/aromatic N) is 4. The highest BCUT2D eigenvalue weighted by Crippen LogP contribution is 2.28. The molecule has 0 N–H and O–H groups in total. The Morgan fingerprint density at radius 1 is 0.643 bits per heavy atom. The van der Waals surface area contributed by atoms with Crippen molar-refractivity contribution in [3.63, 3.8) is 0 Å². The van der Waals surface area contributed by atoms with E-state index in [0.29, 0.717) is 0 Å². The normalized spacial score (nSPS) is 10.9. The van der Waals surface area contributed by atoms with Crippen molar-refractivity contribution in [1.82, 2.24) is 19.6 Å². The van der Waals surface area contributed by atoms with Gasteiger partial charge in [-0.1, -0.05) is 30.3 Å². The van der Waals surface area contributed by atoms with Crippen LogP contribution in [0.1, 0.15) is 0 Å². The van der Waals surface area contributed by atoms with Crippen molar-refractivity contribution in [2.45, 2.75) is 0 Å². The molecule has 5 nitrogen and oxygen atoms in total. The highest BCUT2D eigenvalue weighted by atomic mass is 16.5. The van der Waals surface area contributed by atoms with Crippen molar-refractivity contribution in [3.05, 3.63) is 97.5 Å². The molecular weight excluding hydrogens is 348 g/mol. The number of pyridine rings is 2. The fourth-order valence-electron chi connectivity index (χ4n) is 3.12. The van der Waals surface area contributed by atoms with Crippen LogP contribution in [0.25, 0.3) is 28.2 Å². The maximum Gasteiger partial charge on any atom is 0.168 e. The molecule has 2 aromatic carbocycles. The van der Waals surface area contributed by atoms with Crippen LogP contribution in [0, 0.1) is 0 Å². The summed E-state index contributed by atoms with van der Waals surface area (Å²) in [6.07, 6.45) is 5.56. The van der Waals surface area contributed by atoms with Crippen LogP contribution in [0.2, 0.25) is 0 Å². The zero-order valence-electron chi connectivity index (χ0n) is 14.9. The monoisotopic (exact) mass is 364 g/mol. The molecule has 0 unspecified atom stereocenters. The molecule has 5 heteroatoms. The Kier molecular flexibility index (Phi) is 4.03. The third-order valence-electron chi connectivity index (χ3n) is 4.49. The molecule has 0 saturated carbocycles. The van der Waals surface area contributed by atoms with Gasteiger partial charge in [-0.3, -0.25) is 9.38 Å². The lowest BCUT2D eigenvalue weighted by molar-refractivity contribution is 0.483. The Balaban J connectivity index is 1.54. The second-order valence-electron chi connectivity index (χ2n) is 6.35. The summed E-state index contributed by atoms with van der Waals surface area (Å²) in [4.78, 5) is 4.07. The topological polar surface area (TPSA) is 52.3 Å². The van der Waals surface area contributed by atoms with Crippen LogP contribution in [0.3, 0.4) is 0 Å². The molecule has 0 amide bonds. The second-order valence-corrected chi connectivity index (χ2v) is 6.35. The fourth-order valence-corrected chi connectivity index (χ4v) is 3.12. The van der Waals surface area contributed by atoms with Gasteiger partial charge in [0, 0.05) is 24.2 Å².